The van der Waals surface area contributed by atoms with Crippen LogP contribution in [0.4, 0.5) is 0 Å². The first-order valence-corrected chi connectivity index (χ1v) is 4.52. The van der Waals surface area contributed by atoms with E-state index in [4.69, 9.17) is 10.3 Å². The van der Waals surface area contributed by atoms with E-state index in [1.807, 2.05) is 0 Å². The molecule has 0 saturated heterocycles. The third-order valence-corrected chi connectivity index (χ3v) is 1.66. The zero-order chi connectivity index (χ0) is 11.1. The van der Waals surface area contributed by atoms with Gasteiger partial charge in [0.15, 0.2) is 5.37 Å². The maximum Gasteiger partial charge on any atom is 0.284 e. The van der Waals surface area contributed by atoms with Crippen LogP contribution in [0.25, 0.3) is 0 Å². The zero-order valence-corrected chi connectivity index (χ0v) is 7.70. The highest BCUT2D eigenvalue weighted by Crippen LogP contribution is 1.88. The minimum Gasteiger partial charge on any atom is -0.366 e. The second-order valence-corrected chi connectivity index (χ2v) is 3.40. The van der Waals surface area contributed by atoms with Gasteiger partial charge in [-0.3, -0.25) is 9.35 Å². The standard InChI is InChI=1S/C3H7NO3S.C3H5NO/c1-2-3(4)8(5,6)7;1-2-3(4)5/h2-3H,1,4H2,(H,5,6,7);2H,1H2,(H2,4,5). The summed E-state index contributed by atoms with van der Waals surface area (Å²) in [6, 6.07) is 0. The first-order valence-electron chi connectivity index (χ1n) is 3.02. The molecule has 0 aromatic heterocycles. The topological polar surface area (TPSA) is 123 Å². The molecule has 0 rings (SSSR count). The van der Waals surface area contributed by atoms with E-state index in [0.717, 1.165) is 12.2 Å². The monoisotopic (exact) mass is 208 g/mol. The van der Waals surface area contributed by atoms with Crippen molar-refractivity contribution in [2.75, 3.05) is 0 Å². The highest BCUT2D eigenvalue weighted by molar-refractivity contribution is 7.86. The maximum absolute atomic E-state index is 9.92. The van der Waals surface area contributed by atoms with E-state index in [2.05, 4.69) is 18.9 Å². The molecule has 13 heavy (non-hydrogen) atoms. The molecule has 0 spiro atoms. The van der Waals surface area contributed by atoms with Gasteiger partial charge in [0.05, 0.1) is 0 Å². The van der Waals surface area contributed by atoms with Crippen molar-refractivity contribution in [3.8, 4) is 0 Å². The maximum atomic E-state index is 9.92. The summed E-state index contributed by atoms with van der Waals surface area (Å²) in [5, 5.41) is -1.36. The van der Waals surface area contributed by atoms with Gasteiger partial charge in [-0.15, -0.1) is 6.58 Å². The number of amides is 1. The lowest BCUT2D eigenvalue weighted by atomic mass is 10.6. The minimum absolute atomic E-state index is 0.481. The van der Waals surface area contributed by atoms with Gasteiger partial charge in [0.25, 0.3) is 10.1 Å². The van der Waals surface area contributed by atoms with Gasteiger partial charge >= 0.3 is 0 Å². The van der Waals surface area contributed by atoms with E-state index >= 15 is 0 Å². The van der Waals surface area contributed by atoms with Gasteiger partial charge in [-0.05, 0) is 6.08 Å². The van der Waals surface area contributed by atoms with Crippen LogP contribution in [0.15, 0.2) is 25.3 Å². The SMILES string of the molecule is C=CC(N)=O.C=CC(N)S(=O)(=O)O. The summed E-state index contributed by atoms with van der Waals surface area (Å²) >= 11 is 0. The van der Waals surface area contributed by atoms with E-state index in [1.54, 1.807) is 0 Å². The van der Waals surface area contributed by atoms with E-state index in [9.17, 15) is 13.2 Å². The molecule has 1 atom stereocenters. The Morgan fingerprint density at radius 2 is 1.77 bits per heavy atom. The van der Waals surface area contributed by atoms with Crippen molar-refractivity contribution in [1.29, 1.82) is 0 Å². The van der Waals surface area contributed by atoms with E-state index in [0.29, 0.717) is 0 Å². The number of hydrogen-bond acceptors (Lipinski definition) is 4. The van der Waals surface area contributed by atoms with Crippen molar-refractivity contribution in [3.05, 3.63) is 25.3 Å². The Kier molecular flexibility index (Phi) is 7.01. The molecule has 1 unspecified atom stereocenters. The first-order chi connectivity index (χ1) is 5.75. The summed E-state index contributed by atoms with van der Waals surface area (Å²) in [4.78, 5) is 9.47. The van der Waals surface area contributed by atoms with Crippen LogP contribution >= 0.6 is 0 Å². The largest absolute Gasteiger partial charge is 0.366 e. The number of primary amides is 1. The summed E-state index contributed by atoms with van der Waals surface area (Å²) in [6.45, 7) is 6.15. The molecule has 0 aliphatic rings. The fourth-order valence-electron chi connectivity index (χ4n) is 0.122. The Hall–Kier alpha value is -1.18. The second kappa shape index (κ2) is 6.35. The van der Waals surface area contributed by atoms with Crippen molar-refractivity contribution >= 4 is 16.0 Å². The van der Waals surface area contributed by atoms with Crippen LogP contribution in [0, 0.1) is 0 Å². The molecule has 0 aliphatic carbocycles. The first kappa shape index (κ1) is 14.3. The number of carbonyl (C=O) groups is 1. The molecule has 0 heterocycles. The quantitative estimate of drug-likeness (QED) is 0.312. The minimum atomic E-state index is -4.09. The van der Waals surface area contributed by atoms with Crippen LogP contribution < -0.4 is 11.5 Å². The molecular weight excluding hydrogens is 196 g/mol. The van der Waals surface area contributed by atoms with E-state index in [-0.39, 0.29) is 0 Å². The van der Waals surface area contributed by atoms with Crippen LogP contribution in [0.2, 0.25) is 0 Å². The molecule has 0 aromatic rings. The lowest BCUT2D eigenvalue weighted by Crippen LogP contribution is -2.26. The van der Waals surface area contributed by atoms with Crippen LogP contribution in [-0.2, 0) is 14.9 Å². The summed E-state index contributed by atoms with van der Waals surface area (Å²) < 4.78 is 27.9. The molecule has 0 bridgehead atoms. The second-order valence-electron chi connectivity index (χ2n) is 1.82. The molecule has 0 aliphatic heterocycles. The highest BCUT2D eigenvalue weighted by Gasteiger charge is 2.11. The Morgan fingerprint density at radius 3 is 1.77 bits per heavy atom. The van der Waals surface area contributed by atoms with Crippen molar-refractivity contribution in [3.63, 3.8) is 0 Å². The van der Waals surface area contributed by atoms with E-state index in [1.165, 1.54) is 0 Å². The van der Waals surface area contributed by atoms with Gasteiger partial charge < -0.3 is 11.5 Å². The van der Waals surface area contributed by atoms with Gasteiger partial charge in [0, 0.05) is 0 Å². The lowest BCUT2D eigenvalue weighted by Gasteiger charge is -1.97. The smallest absolute Gasteiger partial charge is 0.284 e. The molecule has 0 radical (unpaired) electrons. The Bertz CT molecular complexity index is 283. The predicted molar refractivity (Wildman–Crippen MR) is 49.1 cm³/mol. The summed E-state index contributed by atoms with van der Waals surface area (Å²) in [6.07, 6.45) is 2.00. The average molecular weight is 208 g/mol. The molecule has 1 amide bonds. The number of carbonyl (C=O) groups excluding carboxylic acids is 1. The lowest BCUT2D eigenvalue weighted by molar-refractivity contribution is -0.113. The van der Waals surface area contributed by atoms with Gasteiger partial charge in [-0.2, -0.15) is 8.42 Å². The van der Waals surface area contributed by atoms with E-state index < -0.39 is 21.4 Å². The van der Waals surface area contributed by atoms with Gasteiger partial charge in [0.1, 0.15) is 0 Å². The third kappa shape index (κ3) is 10.8. The van der Waals surface area contributed by atoms with Gasteiger partial charge in [0.2, 0.25) is 5.91 Å². The predicted octanol–water partition coefficient (Wildman–Crippen LogP) is -0.997. The molecule has 0 aromatic carbocycles. The Labute approximate surface area is 76.7 Å². The fourth-order valence-corrected chi connectivity index (χ4v) is 0.365. The van der Waals surface area contributed by atoms with Crippen molar-refractivity contribution in [1.82, 2.24) is 0 Å². The highest BCUT2D eigenvalue weighted by atomic mass is 32.2. The summed E-state index contributed by atoms with van der Waals surface area (Å²) in [7, 11) is -4.09. The molecule has 76 valence electrons. The average Bonchev–Trinajstić information content (AvgIpc) is 2.02. The zero-order valence-electron chi connectivity index (χ0n) is 6.88. The molecule has 0 saturated carbocycles. The summed E-state index contributed by atoms with van der Waals surface area (Å²) in [5.41, 5.74) is 9.33. The number of nitrogens with two attached hydrogens (primary N) is 2. The fraction of sp³-hybridized carbons (Fsp3) is 0.167. The van der Waals surface area contributed by atoms with Crippen molar-refractivity contribution in [2.45, 2.75) is 5.37 Å². The third-order valence-electron chi connectivity index (χ3n) is 0.777. The number of hydrogen-bond donors (Lipinski definition) is 3. The van der Waals surface area contributed by atoms with Crippen molar-refractivity contribution < 1.29 is 17.8 Å². The van der Waals surface area contributed by atoms with Crippen LogP contribution in [0.3, 0.4) is 0 Å². The van der Waals surface area contributed by atoms with Crippen LogP contribution in [0.1, 0.15) is 0 Å². The summed E-state index contributed by atoms with van der Waals surface area (Å²) in [5.74, 6) is -0.481. The van der Waals surface area contributed by atoms with Crippen LogP contribution in [-0.4, -0.2) is 24.3 Å². The Balaban J connectivity index is 0. The Morgan fingerprint density at radius 1 is 1.46 bits per heavy atom. The van der Waals surface area contributed by atoms with Crippen LogP contribution in [0.5, 0.6) is 0 Å². The normalized spacial score (nSPS) is 11.8. The molecule has 0 fully saturated rings. The van der Waals surface area contributed by atoms with Gasteiger partial charge in [-0.1, -0.05) is 12.7 Å². The molecule has 6 nitrogen and oxygen atoms in total. The molecule has 5 N–H and O–H groups in total. The molecular formula is C6H12N2O4S. The number of rotatable bonds is 3. The molecule has 7 heteroatoms. The van der Waals surface area contributed by atoms with Crippen molar-refractivity contribution in [2.24, 2.45) is 11.5 Å². The van der Waals surface area contributed by atoms with Gasteiger partial charge in [-0.25, -0.2) is 0 Å².